The Kier molecular flexibility index (Phi) is 6.26. The summed E-state index contributed by atoms with van der Waals surface area (Å²) in [5.74, 6) is -0.389. The van der Waals surface area contributed by atoms with E-state index in [1.54, 1.807) is 42.5 Å². The molecule has 0 radical (unpaired) electrons. The first-order valence-electron chi connectivity index (χ1n) is 9.32. The van der Waals surface area contributed by atoms with Crippen LogP contribution in [0.1, 0.15) is 21.5 Å². The Balaban J connectivity index is 1.70. The van der Waals surface area contributed by atoms with Gasteiger partial charge < -0.3 is 16.4 Å². The highest BCUT2D eigenvalue weighted by molar-refractivity contribution is 7.92. The molecule has 160 valence electrons. The molecule has 0 aliphatic heterocycles. The molecule has 3 amide bonds. The first-order chi connectivity index (χ1) is 14.6. The summed E-state index contributed by atoms with van der Waals surface area (Å²) in [7, 11) is -3.74. The number of hydrogen-bond acceptors (Lipinski definition) is 4. The van der Waals surface area contributed by atoms with Gasteiger partial charge >= 0.3 is 6.03 Å². The monoisotopic (exact) mass is 438 g/mol. The Morgan fingerprint density at radius 3 is 2.03 bits per heavy atom. The number of urea groups is 1. The molecular weight excluding hydrogens is 416 g/mol. The molecule has 3 aromatic rings. The van der Waals surface area contributed by atoms with E-state index in [0.717, 1.165) is 11.1 Å². The van der Waals surface area contributed by atoms with Crippen molar-refractivity contribution in [2.45, 2.75) is 18.7 Å². The predicted octanol–water partition coefficient (Wildman–Crippen LogP) is 3.85. The molecule has 3 rings (SSSR count). The zero-order chi connectivity index (χ0) is 22.6. The summed E-state index contributed by atoms with van der Waals surface area (Å²) >= 11 is 0. The lowest BCUT2D eigenvalue weighted by Gasteiger charge is -2.11. The fraction of sp³-hybridized carbons (Fsp3) is 0.0909. The van der Waals surface area contributed by atoms with Crippen LogP contribution in [-0.4, -0.2) is 20.4 Å². The SMILES string of the molecule is Cc1ccc(S(=O)(=O)Nc2ccc(C(=O)Nc3cccc(NC(N)=O)c3)cc2)cc1C. The number of carbonyl (C=O) groups is 2. The summed E-state index contributed by atoms with van der Waals surface area (Å²) in [5.41, 5.74) is 8.56. The van der Waals surface area contributed by atoms with Crippen LogP contribution in [-0.2, 0) is 10.0 Å². The summed E-state index contributed by atoms with van der Waals surface area (Å²) in [4.78, 5) is 23.6. The summed E-state index contributed by atoms with van der Waals surface area (Å²) in [5, 5.41) is 5.14. The molecule has 0 atom stereocenters. The number of nitrogens with two attached hydrogens (primary N) is 1. The van der Waals surface area contributed by atoms with E-state index >= 15 is 0 Å². The van der Waals surface area contributed by atoms with Crippen LogP contribution in [0.3, 0.4) is 0 Å². The van der Waals surface area contributed by atoms with Gasteiger partial charge in [0.15, 0.2) is 0 Å². The van der Waals surface area contributed by atoms with Crippen molar-refractivity contribution in [2.24, 2.45) is 5.73 Å². The predicted molar refractivity (Wildman–Crippen MR) is 121 cm³/mol. The number of rotatable bonds is 6. The second-order valence-electron chi connectivity index (χ2n) is 6.95. The first-order valence-corrected chi connectivity index (χ1v) is 10.8. The average molecular weight is 439 g/mol. The molecule has 0 heterocycles. The third-order valence-corrected chi connectivity index (χ3v) is 5.95. The van der Waals surface area contributed by atoms with E-state index in [4.69, 9.17) is 5.73 Å². The number of sulfonamides is 1. The Bertz CT molecular complexity index is 1240. The number of anilines is 3. The van der Waals surface area contributed by atoms with Crippen molar-refractivity contribution in [3.63, 3.8) is 0 Å². The molecule has 0 saturated heterocycles. The van der Waals surface area contributed by atoms with Gasteiger partial charge in [-0.1, -0.05) is 12.1 Å². The minimum atomic E-state index is -3.74. The molecule has 8 nitrogen and oxygen atoms in total. The molecule has 0 fully saturated rings. The van der Waals surface area contributed by atoms with Crippen molar-refractivity contribution in [1.29, 1.82) is 0 Å². The molecule has 0 aromatic heterocycles. The number of nitrogens with one attached hydrogen (secondary N) is 3. The molecular formula is C22H22N4O4S. The van der Waals surface area contributed by atoms with Gasteiger partial charge in [-0.25, -0.2) is 13.2 Å². The first kappa shape index (κ1) is 21.8. The summed E-state index contributed by atoms with van der Waals surface area (Å²) in [6.07, 6.45) is 0. The van der Waals surface area contributed by atoms with Crippen molar-refractivity contribution >= 4 is 39.0 Å². The fourth-order valence-electron chi connectivity index (χ4n) is 2.81. The highest BCUT2D eigenvalue weighted by atomic mass is 32.2. The van der Waals surface area contributed by atoms with Gasteiger partial charge in [-0.3, -0.25) is 9.52 Å². The molecule has 9 heteroatoms. The number of amides is 3. The van der Waals surface area contributed by atoms with Gasteiger partial charge in [0, 0.05) is 22.6 Å². The standard InChI is InChI=1S/C22H22N4O4S/c1-14-6-11-20(12-15(14)2)31(29,30)26-17-9-7-16(8-10-17)21(27)24-18-4-3-5-19(13-18)25-22(23)28/h3-13,26H,1-2H3,(H,24,27)(H3,23,25,28). The maximum absolute atomic E-state index is 12.6. The molecule has 0 aliphatic rings. The smallest absolute Gasteiger partial charge is 0.316 e. The Labute approximate surface area is 180 Å². The Hall–Kier alpha value is -3.85. The van der Waals surface area contributed by atoms with E-state index in [0.29, 0.717) is 22.6 Å². The van der Waals surface area contributed by atoms with Crippen molar-refractivity contribution < 1.29 is 18.0 Å². The molecule has 3 aromatic carbocycles. The maximum atomic E-state index is 12.6. The quantitative estimate of drug-likeness (QED) is 0.466. The minimum absolute atomic E-state index is 0.168. The van der Waals surface area contributed by atoms with Gasteiger partial charge in [-0.05, 0) is 79.6 Å². The molecule has 0 bridgehead atoms. The van der Waals surface area contributed by atoms with Crippen LogP contribution in [0.4, 0.5) is 21.9 Å². The lowest BCUT2D eigenvalue weighted by molar-refractivity contribution is 0.102. The van der Waals surface area contributed by atoms with Gasteiger partial charge in [0.05, 0.1) is 4.90 Å². The zero-order valence-corrected chi connectivity index (χ0v) is 17.8. The summed E-state index contributed by atoms with van der Waals surface area (Å²) < 4.78 is 27.7. The maximum Gasteiger partial charge on any atom is 0.316 e. The van der Waals surface area contributed by atoms with E-state index < -0.39 is 16.1 Å². The number of aryl methyl sites for hydroxylation is 2. The molecule has 0 saturated carbocycles. The number of carbonyl (C=O) groups excluding carboxylic acids is 2. The van der Waals surface area contributed by atoms with Crippen LogP contribution >= 0.6 is 0 Å². The van der Waals surface area contributed by atoms with E-state index in [1.807, 2.05) is 13.8 Å². The van der Waals surface area contributed by atoms with Crippen LogP contribution in [0.5, 0.6) is 0 Å². The van der Waals surface area contributed by atoms with Gasteiger partial charge in [-0.15, -0.1) is 0 Å². The van der Waals surface area contributed by atoms with E-state index in [9.17, 15) is 18.0 Å². The van der Waals surface area contributed by atoms with Gasteiger partial charge in [0.2, 0.25) is 0 Å². The fourth-order valence-corrected chi connectivity index (χ4v) is 3.95. The van der Waals surface area contributed by atoms with Crippen LogP contribution < -0.4 is 21.1 Å². The van der Waals surface area contributed by atoms with Crippen molar-refractivity contribution in [2.75, 3.05) is 15.4 Å². The number of hydrogen-bond donors (Lipinski definition) is 4. The van der Waals surface area contributed by atoms with Crippen LogP contribution in [0.2, 0.25) is 0 Å². The zero-order valence-electron chi connectivity index (χ0n) is 17.0. The normalized spacial score (nSPS) is 10.9. The van der Waals surface area contributed by atoms with E-state index in [2.05, 4.69) is 15.4 Å². The van der Waals surface area contributed by atoms with Gasteiger partial charge in [0.1, 0.15) is 0 Å². The largest absolute Gasteiger partial charge is 0.351 e. The van der Waals surface area contributed by atoms with E-state index in [1.165, 1.54) is 24.3 Å². The van der Waals surface area contributed by atoms with Crippen molar-refractivity contribution in [1.82, 2.24) is 0 Å². The highest BCUT2D eigenvalue weighted by Crippen LogP contribution is 2.20. The van der Waals surface area contributed by atoms with Gasteiger partial charge in [0.25, 0.3) is 15.9 Å². The van der Waals surface area contributed by atoms with Gasteiger partial charge in [-0.2, -0.15) is 0 Å². The summed E-state index contributed by atoms with van der Waals surface area (Å²) in [6.45, 7) is 3.76. The lowest BCUT2D eigenvalue weighted by atomic mass is 10.1. The molecule has 5 N–H and O–H groups in total. The van der Waals surface area contributed by atoms with Crippen molar-refractivity contribution in [3.05, 3.63) is 83.4 Å². The lowest BCUT2D eigenvalue weighted by Crippen LogP contribution is -2.19. The van der Waals surface area contributed by atoms with E-state index in [-0.39, 0.29) is 10.8 Å². The average Bonchev–Trinajstić information content (AvgIpc) is 2.70. The second-order valence-corrected chi connectivity index (χ2v) is 8.64. The molecule has 0 spiro atoms. The molecule has 0 aliphatic carbocycles. The second kappa shape index (κ2) is 8.88. The number of primary amides is 1. The molecule has 31 heavy (non-hydrogen) atoms. The third-order valence-electron chi connectivity index (χ3n) is 4.58. The minimum Gasteiger partial charge on any atom is -0.351 e. The van der Waals surface area contributed by atoms with Crippen LogP contribution in [0.15, 0.2) is 71.6 Å². The van der Waals surface area contributed by atoms with Crippen LogP contribution in [0.25, 0.3) is 0 Å². The Morgan fingerprint density at radius 1 is 0.774 bits per heavy atom. The number of benzene rings is 3. The molecule has 0 unspecified atom stereocenters. The summed E-state index contributed by atoms with van der Waals surface area (Å²) in [6, 6.07) is 16.8. The third kappa shape index (κ3) is 5.61. The van der Waals surface area contributed by atoms with Crippen molar-refractivity contribution in [3.8, 4) is 0 Å². The topological polar surface area (TPSA) is 130 Å². The Morgan fingerprint density at radius 2 is 1.42 bits per heavy atom. The highest BCUT2D eigenvalue weighted by Gasteiger charge is 2.15. The van der Waals surface area contributed by atoms with Crippen LogP contribution in [0, 0.1) is 13.8 Å².